The Morgan fingerprint density at radius 1 is 1.44 bits per heavy atom. The molecule has 1 aliphatic heterocycles. The third-order valence-electron chi connectivity index (χ3n) is 3.00. The van der Waals surface area contributed by atoms with Crippen LogP contribution in [0.4, 0.5) is 0 Å². The van der Waals surface area contributed by atoms with Gasteiger partial charge in [0.2, 0.25) is 5.91 Å². The van der Waals surface area contributed by atoms with Crippen LogP contribution < -0.4 is 10.6 Å². The van der Waals surface area contributed by atoms with Crippen molar-refractivity contribution in [2.45, 2.75) is 31.7 Å². The molecule has 1 saturated carbocycles. The minimum Gasteiger partial charge on any atom is -0.356 e. The van der Waals surface area contributed by atoms with Gasteiger partial charge in [0.15, 0.2) is 0 Å². The molecule has 1 unspecified atom stereocenters. The zero-order chi connectivity index (χ0) is 10.5. The SMILES string of the molecule is Cl.O=C(CC1CSCCN1)NCCC1CC1. The number of nitrogens with one attached hydrogen (secondary N) is 2. The molecule has 1 heterocycles. The fourth-order valence-corrected chi connectivity index (χ4v) is 2.82. The molecule has 16 heavy (non-hydrogen) atoms. The van der Waals surface area contributed by atoms with Gasteiger partial charge in [-0.2, -0.15) is 11.8 Å². The smallest absolute Gasteiger partial charge is 0.221 e. The number of carbonyl (C=O) groups is 1. The van der Waals surface area contributed by atoms with Crippen LogP contribution in [-0.2, 0) is 4.79 Å². The molecular weight excluding hydrogens is 244 g/mol. The maximum absolute atomic E-state index is 11.6. The molecular formula is C11H21ClN2OS. The van der Waals surface area contributed by atoms with E-state index in [-0.39, 0.29) is 18.3 Å². The van der Waals surface area contributed by atoms with Crippen LogP contribution in [0.3, 0.4) is 0 Å². The van der Waals surface area contributed by atoms with E-state index < -0.39 is 0 Å². The van der Waals surface area contributed by atoms with Crippen molar-refractivity contribution in [3.8, 4) is 0 Å². The summed E-state index contributed by atoms with van der Waals surface area (Å²) in [5.41, 5.74) is 0. The van der Waals surface area contributed by atoms with Crippen LogP contribution in [0.25, 0.3) is 0 Å². The van der Waals surface area contributed by atoms with E-state index in [1.54, 1.807) is 0 Å². The summed E-state index contributed by atoms with van der Waals surface area (Å²) in [7, 11) is 0. The number of rotatable bonds is 5. The maximum atomic E-state index is 11.6. The Kier molecular flexibility index (Phi) is 6.54. The number of hydrogen-bond acceptors (Lipinski definition) is 3. The predicted molar refractivity (Wildman–Crippen MR) is 71.3 cm³/mol. The Balaban J connectivity index is 0.00000128. The summed E-state index contributed by atoms with van der Waals surface area (Å²) in [6, 6.07) is 0.393. The van der Waals surface area contributed by atoms with Gasteiger partial charge in [0.05, 0.1) is 0 Å². The lowest BCUT2D eigenvalue weighted by Gasteiger charge is -2.22. The third-order valence-corrected chi connectivity index (χ3v) is 4.13. The second-order valence-electron chi connectivity index (χ2n) is 4.51. The molecule has 1 saturated heterocycles. The van der Waals surface area contributed by atoms with Crippen LogP contribution in [0, 0.1) is 5.92 Å². The highest BCUT2D eigenvalue weighted by molar-refractivity contribution is 7.99. The Morgan fingerprint density at radius 2 is 2.25 bits per heavy atom. The Morgan fingerprint density at radius 3 is 2.88 bits per heavy atom. The van der Waals surface area contributed by atoms with Crippen molar-refractivity contribution in [2.24, 2.45) is 5.92 Å². The summed E-state index contributed by atoms with van der Waals surface area (Å²) in [4.78, 5) is 11.6. The number of halogens is 1. The minimum absolute atomic E-state index is 0. The summed E-state index contributed by atoms with van der Waals surface area (Å²) in [5, 5.41) is 6.39. The molecule has 1 aliphatic carbocycles. The highest BCUT2D eigenvalue weighted by Gasteiger charge is 2.21. The van der Waals surface area contributed by atoms with Gasteiger partial charge < -0.3 is 10.6 Å². The van der Waals surface area contributed by atoms with E-state index in [0.717, 1.165) is 24.8 Å². The van der Waals surface area contributed by atoms with E-state index in [2.05, 4.69) is 10.6 Å². The molecule has 0 aromatic carbocycles. The van der Waals surface area contributed by atoms with E-state index >= 15 is 0 Å². The van der Waals surface area contributed by atoms with Gasteiger partial charge in [-0.05, 0) is 12.3 Å². The van der Waals surface area contributed by atoms with Crippen LogP contribution >= 0.6 is 24.2 Å². The van der Waals surface area contributed by atoms with Gasteiger partial charge in [0, 0.05) is 37.1 Å². The molecule has 1 atom stereocenters. The first-order valence-electron chi connectivity index (χ1n) is 5.92. The summed E-state index contributed by atoms with van der Waals surface area (Å²) >= 11 is 1.94. The molecule has 0 aromatic heterocycles. The Bertz CT molecular complexity index is 218. The summed E-state index contributed by atoms with van der Waals surface area (Å²) < 4.78 is 0. The highest BCUT2D eigenvalue weighted by Crippen LogP contribution is 2.31. The average molecular weight is 265 g/mol. The molecule has 0 spiro atoms. The third kappa shape index (κ3) is 5.41. The van der Waals surface area contributed by atoms with Crippen LogP contribution in [0.5, 0.6) is 0 Å². The average Bonchev–Trinajstić information content (AvgIpc) is 3.03. The van der Waals surface area contributed by atoms with Crippen LogP contribution in [0.2, 0.25) is 0 Å². The second-order valence-corrected chi connectivity index (χ2v) is 5.66. The summed E-state index contributed by atoms with van der Waals surface area (Å²) in [6.07, 6.45) is 4.57. The zero-order valence-electron chi connectivity index (χ0n) is 9.54. The van der Waals surface area contributed by atoms with Gasteiger partial charge in [-0.1, -0.05) is 12.8 Å². The van der Waals surface area contributed by atoms with Crippen molar-refractivity contribution in [1.29, 1.82) is 0 Å². The Hall–Kier alpha value is 0.0700. The van der Waals surface area contributed by atoms with Crippen molar-refractivity contribution in [3.05, 3.63) is 0 Å². The van der Waals surface area contributed by atoms with Crippen molar-refractivity contribution in [2.75, 3.05) is 24.6 Å². The maximum Gasteiger partial charge on any atom is 0.221 e. The van der Waals surface area contributed by atoms with Gasteiger partial charge in [-0.3, -0.25) is 4.79 Å². The van der Waals surface area contributed by atoms with Crippen molar-refractivity contribution < 1.29 is 4.79 Å². The van der Waals surface area contributed by atoms with Crippen molar-refractivity contribution in [1.82, 2.24) is 10.6 Å². The monoisotopic (exact) mass is 264 g/mol. The standard InChI is InChI=1S/C11H20N2OS.ClH/c14-11(13-4-3-9-1-2-9)7-10-8-15-6-5-12-10;/h9-10,12H,1-8H2,(H,13,14);1H. The second kappa shape index (κ2) is 7.41. The van der Waals surface area contributed by atoms with E-state index in [1.807, 2.05) is 11.8 Å². The molecule has 3 nitrogen and oxygen atoms in total. The van der Waals surface area contributed by atoms with Gasteiger partial charge in [-0.25, -0.2) is 0 Å². The first-order chi connectivity index (χ1) is 7.34. The number of thioether (sulfide) groups is 1. The quantitative estimate of drug-likeness (QED) is 0.789. The number of carbonyl (C=O) groups excluding carboxylic acids is 1. The predicted octanol–water partition coefficient (Wildman–Crippen LogP) is 1.42. The molecule has 0 bridgehead atoms. The number of hydrogen-bond donors (Lipinski definition) is 2. The minimum atomic E-state index is 0. The van der Waals surface area contributed by atoms with Gasteiger partial charge in [0.1, 0.15) is 0 Å². The topological polar surface area (TPSA) is 41.1 Å². The molecule has 2 rings (SSSR count). The lowest BCUT2D eigenvalue weighted by Crippen LogP contribution is -2.41. The molecule has 0 radical (unpaired) electrons. The summed E-state index contributed by atoms with van der Waals surface area (Å²) in [6.45, 7) is 1.92. The van der Waals surface area contributed by atoms with Gasteiger partial charge in [0.25, 0.3) is 0 Å². The Labute approximate surface area is 108 Å². The van der Waals surface area contributed by atoms with E-state index in [0.29, 0.717) is 12.5 Å². The van der Waals surface area contributed by atoms with E-state index in [4.69, 9.17) is 0 Å². The van der Waals surface area contributed by atoms with Gasteiger partial charge in [-0.15, -0.1) is 12.4 Å². The molecule has 2 fully saturated rings. The number of amides is 1. The van der Waals surface area contributed by atoms with Crippen molar-refractivity contribution >= 4 is 30.1 Å². The summed E-state index contributed by atoms with van der Waals surface area (Å²) in [5.74, 6) is 3.39. The lowest BCUT2D eigenvalue weighted by atomic mass is 10.2. The van der Waals surface area contributed by atoms with E-state index in [1.165, 1.54) is 25.0 Å². The zero-order valence-corrected chi connectivity index (χ0v) is 11.2. The molecule has 94 valence electrons. The van der Waals surface area contributed by atoms with Crippen molar-refractivity contribution in [3.63, 3.8) is 0 Å². The van der Waals surface area contributed by atoms with E-state index in [9.17, 15) is 4.79 Å². The first kappa shape index (κ1) is 14.1. The molecule has 0 aromatic rings. The molecule has 1 amide bonds. The largest absolute Gasteiger partial charge is 0.356 e. The highest BCUT2D eigenvalue weighted by atomic mass is 35.5. The first-order valence-corrected chi connectivity index (χ1v) is 7.08. The van der Waals surface area contributed by atoms with Crippen LogP contribution in [0.1, 0.15) is 25.7 Å². The normalized spacial score (nSPS) is 24.6. The molecule has 2 aliphatic rings. The van der Waals surface area contributed by atoms with Crippen LogP contribution in [-0.4, -0.2) is 36.5 Å². The van der Waals surface area contributed by atoms with Crippen LogP contribution in [0.15, 0.2) is 0 Å². The fraction of sp³-hybridized carbons (Fsp3) is 0.909. The lowest BCUT2D eigenvalue weighted by molar-refractivity contribution is -0.121. The van der Waals surface area contributed by atoms with Gasteiger partial charge >= 0.3 is 0 Å². The fourth-order valence-electron chi connectivity index (χ4n) is 1.87. The molecule has 5 heteroatoms. The molecule has 2 N–H and O–H groups in total.